The number of aliphatic hydroxyl groups excluding tert-OH is 1. The van der Waals surface area contributed by atoms with E-state index in [-0.39, 0.29) is 11.3 Å². The first-order valence-corrected chi connectivity index (χ1v) is 14.3. The Bertz CT molecular complexity index is 1550. The molecule has 198 valence electrons. The number of hydrogen-bond donors (Lipinski definition) is 1. The van der Waals surface area contributed by atoms with Gasteiger partial charge in [-0.05, 0) is 55.7 Å². The summed E-state index contributed by atoms with van der Waals surface area (Å²) in [5, 5.41) is 20.4. The fraction of sp³-hybridized carbons (Fsp3) is 0.200. The smallest absolute Gasteiger partial charge is 0.301 e. The van der Waals surface area contributed by atoms with Gasteiger partial charge in [0.25, 0.3) is 5.78 Å². The molecule has 1 fully saturated rings. The number of aryl methyl sites for hydroxylation is 2. The van der Waals surface area contributed by atoms with Crippen LogP contribution in [0.1, 0.15) is 40.8 Å². The second-order valence-electron chi connectivity index (χ2n) is 9.11. The number of thioether (sulfide) groups is 1. The van der Waals surface area contributed by atoms with Crippen molar-refractivity contribution in [2.75, 3.05) is 11.5 Å². The van der Waals surface area contributed by atoms with Gasteiger partial charge in [-0.2, -0.15) is 0 Å². The Morgan fingerprint density at radius 3 is 2.49 bits per heavy atom. The molecule has 1 N–H and O–H groups in total. The van der Waals surface area contributed by atoms with Gasteiger partial charge in [-0.3, -0.25) is 14.5 Å². The topological polar surface area (TPSA) is 92.6 Å². The van der Waals surface area contributed by atoms with Crippen molar-refractivity contribution in [3.63, 3.8) is 0 Å². The van der Waals surface area contributed by atoms with Crippen LogP contribution in [0.3, 0.4) is 0 Å². The van der Waals surface area contributed by atoms with Crippen molar-refractivity contribution in [1.29, 1.82) is 0 Å². The molecule has 39 heavy (non-hydrogen) atoms. The zero-order valence-corrected chi connectivity index (χ0v) is 23.4. The van der Waals surface area contributed by atoms with Gasteiger partial charge in [-0.15, -0.1) is 10.2 Å². The van der Waals surface area contributed by atoms with Gasteiger partial charge >= 0.3 is 5.91 Å². The van der Waals surface area contributed by atoms with E-state index in [4.69, 9.17) is 4.74 Å². The Morgan fingerprint density at radius 1 is 1.03 bits per heavy atom. The minimum atomic E-state index is -0.875. The number of amides is 1. The molecular weight excluding hydrogens is 530 g/mol. The first kappa shape index (κ1) is 26.6. The molecule has 1 atom stereocenters. The number of aliphatic hydroxyl groups is 1. The van der Waals surface area contributed by atoms with Crippen molar-refractivity contribution in [1.82, 2.24) is 10.2 Å². The van der Waals surface area contributed by atoms with Gasteiger partial charge in [-0.1, -0.05) is 83.3 Å². The van der Waals surface area contributed by atoms with Crippen molar-refractivity contribution < 1.29 is 19.4 Å². The Morgan fingerprint density at radius 2 is 1.77 bits per heavy atom. The molecule has 1 saturated heterocycles. The highest BCUT2D eigenvalue weighted by Crippen LogP contribution is 2.44. The lowest BCUT2D eigenvalue weighted by molar-refractivity contribution is -0.132. The number of anilines is 1. The predicted octanol–water partition coefficient (Wildman–Crippen LogP) is 6.47. The highest BCUT2D eigenvalue weighted by molar-refractivity contribution is 8.00. The van der Waals surface area contributed by atoms with Crippen molar-refractivity contribution in [3.05, 3.63) is 106 Å². The van der Waals surface area contributed by atoms with Gasteiger partial charge in [0.2, 0.25) is 5.13 Å². The van der Waals surface area contributed by atoms with Crippen LogP contribution in [0.5, 0.6) is 5.75 Å². The number of ether oxygens (including phenoxy) is 1. The molecule has 0 aliphatic carbocycles. The van der Waals surface area contributed by atoms with Gasteiger partial charge in [0.15, 0.2) is 4.34 Å². The van der Waals surface area contributed by atoms with Crippen LogP contribution in [-0.4, -0.2) is 33.6 Å². The zero-order valence-electron chi connectivity index (χ0n) is 21.7. The van der Waals surface area contributed by atoms with E-state index >= 15 is 0 Å². The Balaban J connectivity index is 1.57. The number of rotatable bonds is 8. The summed E-state index contributed by atoms with van der Waals surface area (Å²) in [6, 6.07) is 21.9. The quantitative estimate of drug-likeness (QED) is 0.0872. The molecule has 0 radical (unpaired) electrons. The average Bonchev–Trinajstić information content (AvgIpc) is 3.51. The molecule has 9 heteroatoms. The highest BCUT2D eigenvalue weighted by atomic mass is 32.2. The number of hydrogen-bond acceptors (Lipinski definition) is 8. The summed E-state index contributed by atoms with van der Waals surface area (Å²) in [7, 11) is 0. The summed E-state index contributed by atoms with van der Waals surface area (Å²) in [5.74, 6) is -0.358. The van der Waals surface area contributed by atoms with Crippen molar-refractivity contribution in [2.24, 2.45) is 0 Å². The van der Waals surface area contributed by atoms with Crippen molar-refractivity contribution in [3.8, 4) is 5.75 Å². The molecule has 5 rings (SSSR count). The molecule has 1 aliphatic rings. The van der Waals surface area contributed by atoms with Crippen LogP contribution in [0, 0.1) is 13.8 Å². The largest absolute Gasteiger partial charge is 0.507 e. The first-order valence-electron chi connectivity index (χ1n) is 12.5. The number of carbonyl (C=O) groups is 2. The second-order valence-corrected chi connectivity index (χ2v) is 11.3. The third kappa shape index (κ3) is 5.46. The molecule has 2 heterocycles. The normalized spacial score (nSPS) is 16.6. The fourth-order valence-corrected chi connectivity index (χ4v) is 6.30. The van der Waals surface area contributed by atoms with Gasteiger partial charge in [0, 0.05) is 11.3 Å². The van der Waals surface area contributed by atoms with E-state index in [0.29, 0.717) is 38.7 Å². The van der Waals surface area contributed by atoms with Crippen LogP contribution in [0.4, 0.5) is 5.13 Å². The van der Waals surface area contributed by atoms with Crippen molar-refractivity contribution >= 4 is 45.7 Å². The molecule has 0 spiro atoms. The van der Waals surface area contributed by atoms with Crippen LogP contribution in [0.25, 0.3) is 5.76 Å². The number of benzene rings is 3. The Kier molecular flexibility index (Phi) is 7.81. The van der Waals surface area contributed by atoms with Gasteiger partial charge in [-0.25, -0.2) is 0 Å². The lowest BCUT2D eigenvalue weighted by Gasteiger charge is -2.23. The molecule has 1 aromatic heterocycles. The number of Topliss-reactive ketones (excluding diaryl/α,β-unsaturated/α-hetero) is 1. The first-order chi connectivity index (χ1) is 18.9. The predicted molar refractivity (Wildman–Crippen MR) is 154 cm³/mol. The van der Waals surface area contributed by atoms with Crippen LogP contribution < -0.4 is 9.64 Å². The molecule has 3 aromatic carbocycles. The van der Waals surface area contributed by atoms with Crippen LogP contribution in [0.15, 0.2) is 82.7 Å². The zero-order chi connectivity index (χ0) is 27.5. The molecule has 7 nitrogen and oxygen atoms in total. The SMILES string of the molecule is CCOc1ccc(C2C(=C(O)c3cc(C)ccc3C)C(=O)C(=O)N2c2nnc(SCc3ccccc3)s2)cc1. The summed E-state index contributed by atoms with van der Waals surface area (Å²) in [6.07, 6.45) is 0. The minimum absolute atomic E-state index is 0.0200. The third-order valence-corrected chi connectivity index (χ3v) is 8.53. The average molecular weight is 558 g/mol. The van der Waals surface area contributed by atoms with Crippen LogP contribution in [0.2, 0.25) is 0 Å². The second kappa shape index (κ2) is 11.4. The third-order valence-electron chi connectivity index (χ3n) is 6.41. The van der Waals surface area contributed by atoms with Gasteiger partial charge in [0.05, 0.1) is 18.2 Å². The Hall–Kier alpha value is -3.95. The van der Waals surface area contributed by atoms with E-state index in [1.54, 1.807) is 24.3 Å². The monoisotopic (exact) mass is 557 g/mol. The van der Waals surface area contributed by atoms with Crippen LogP contribution >= 0.6 is 23.1 Å². The van der Waals surface area contributed by atoms with E-state index in [9.17, 15) is 14.7 Å². The summed E-state index contributed by atoms with van der Waals surface area (Å²) < 4.78 is 6.26. The van der Waals surface area contributed by atoms with E-state index in [1.807, 2.05) is 69.3 Å². The molecule has 4 aromatic rings. The number of nitrogens with zero attached hydrogens (tertiary/aromatic N) is 3. The summed E-state index contributed by atoms with van der Waals surface area (Å²) in [5.41, 5.74) is 4.05. The Labute approximate surface area is 235 Å². The molecule has 1 aliphatic heterocycles. The molecule has 1 amide bonds. The number of carbonyl (C=O) groups excluding carboxylic acids is 2. The molecule has 0 saturated carbocycles. The summed E-state index contributed by atoms with van der Waals surface area (Å²) >= 11 is 2.76. The maximum absolute atomic E-state index is 13.5. The maximum atomic E-state index is 13.5. The number of aromatic nitrogens is 2. The maximum Gasteiger partial charge on any atom is 0.301 e. The van der Waals surface area contributed by atoms with Gasteiger partial charge in [0.1, 0.15) is 11.5 Å². The van der Waals surface area contributed by atoms with Gasteiger partial charge < -0.3 is 9.84 Å². The molecular formula is C30H27N3O4S2. The van der Waals surface area contributed by atoms with E-state index in [1.165, 1.54) is 28.0 Å². The van der Waals surface area contributed by atoms with E-state index in [2.05, 4.69) is 10.2 Å². The lowest BCUT2D eigenvalue weighted by atomic mass is 9.93. The van der Waals surface area contributed by atoms with E-state index in [0.717, 1.165) is 16.7 Å². The van der Waals surface area contributed by atoms with E-state index < -0.39 is 17.7 Å². The highest BCUT2D eigenvalue weighted by Gasteiger charge is 2.48. The standard InChI is InChI=1S/C30H27N3O4S2/c1-4-37-22-14-12-21(13-15-22)25-24(26(34)23-16-18(2)10-11-19(23)3)27(35)28(36)33(25)29-31-32-30(39-29)38-17-20-8-6-5-7-9-20/h5-16,25,34H,4,17H2,1-3H3. The fourth-order valence-electron chi connectivity index (χ4n) is 4.47. The summed E-state index contributed by atoms with van der Waals surface area (Å²) in [6.45, 7) is 6.18. The minimum Gasteiger partial charge on any atom is -0.507 e. The lowest BCUT2D eigenvalue weighted by Crippen LogP contribution is -2.29. The molecule has 1 unspecified atom stereocenters. The summed E-state index contributed by atoms with van der Waals surface area (Å²) in [4.78, 5) is 28.3. The van der Waals surface area contributed by atoms with Crippen molar-refractivity contribution in [2.45, 2.75) is 36.9 Å². The molecule has 0 bridgehead atoms. The van der Waals surface area contributed by atoms with Crippen LogP contribution in [-0.2, 0) is 15.3 Å². The number of ketones is 1.